The molecule has 0 radical (unpaired) electrons. The maximum Gasteiger partial charge on any atom is 0.251 e. The van der Waals surface area contributed by atoms with E-state index in [-0.39, 0.29) is 11.8 Å². The predicted octanol–water partition coefficient (Wildman–Crippen LogP) is 5.12. The van der Waals surface area contributed by atoms with Crippen LogP contribution in [0.15, 0.2) is 64.5 Å². The van der Waals surface area contributed by atoms with Crippen LogP contribution in [0.1, 0.15) is 28.8 Å². The zero-order valence-corrected chi connectivity index (χ0v) is 17.8. The summed E-state index contributed by atoms with van der Waals surface area (Å²) in [6, 6.07) is 15.4. The largest absolute Gasteiger partial charge is 0.349 e. The number of carbonyl (C=O) groups is 2. The lowest BCUT2D eigenvalue weighted by molar-refractivity contribution is -0.111. The van der Waals surface area contributed by atoms with Crippen molar-refractivity contribution in [2.75, 3.05) is 5.32 Å². The van der Waals surface area contributed by atoms with E-state index in [1.807, 2.05) is 41.8 Å². The number of hydrogen-bond donors (Lipinski definition) is 2. The van der Waals surface area contributed by atoms with Gasteiger partial charge in [0.2, 0.25) is 5.91 Å². The molecule has 1 saturated carbocycles. The van der Waals surface area contributed by atoms with Crippen molar-refractivity contribution >= 4 is 50.3 Å². The van der Waals surface area contributed by atoms with Gasteiger partial charge in [0.05, 0.1) is 5.69 Å². The molecular formula is C22H18BrN3O2S. The van der Waals surface area contributed by atoms with Crippen LogP contribution in [0.5, 0.6) is 0 Å². The molecule has 0 aliphatic heterocycles. The summed E-state index contributed by atoms with van der Waals surface area (Å²) in [7, 11) is 0. The Balaban J connectivity index is 1.34. The fourth-order valence-electron chi connectivity index (χ4n) is 2.67. The normalized spacial score (nSPS) is 13.4. The van der Waals surface area contributed by atoms with Gasteiger partial charge < -0.3 is 5.32 Å². The highest BCUT2D eigenvalue weighted by molar-refractivity contribution is 9.10. The van der Waals surface area contributed by atoms with Gasteiger partial charge in [-0.15, -0.1) is 11.3 Å². The molecule has 0 unspecified atom stereocenters. The van der Waals surface area contributed by atoms with Gasteiger partial charge in [-0.25, -0.2) is 4.98 Å². The molecule has 1 heterocycles. The van der Waals surface area contributed by atoms with E-state index in [0.29, 0.717) is 16.7 Å². The highest BCUT2D eigenvalue weighted by Crippen LogP contribution is 2.27. The minimum absolute atomic E-state index is 0.0502. The van der Waals surface area contributed by atoms with Crippen molar-refractivity contribution in [2.45, 2.75) is 18.9 Å². The second-order valence-corrected chi connectivity index (χ2v) is 8.51. The van der Waals surface area contributed by atoms with Crippen molar-refractivity contribution in [3.05, 3.63) is 75.6 Å². The Bertz CT molecular complexity index is 1070. The van der Waals surface area contributed by atoms with Gasteiger partial charge >= 0.3 is 0 Å². The Morgan fingerprint density at radius 3 is 2.66 bits per heavy atom. The molecule has 29 heavy (non-hydrogen) atoms. The maximum absolute atomic E-state index is 12.2. The van der Waals surface area contributed by atoms with Crippen LogP contribution in [0, 0.1) is 0 Å². The minimum atomic E-state index is -0.254. The average Bonchev–Trinajstić information content (AvgIpc) is 3.41. The third kappa shape index (κ3) is 5.40. The molecule has 1 aliphatic carbocycles. The summed E-state index contributed by atoms with van der Waals surface area (Å²) in [4.78, 5) is 28.6. The summed E-state index contributed by atoms with van der Waals surface area (Å²) < 4.78 is 0.979. The van der Waals surface area contributed by atoms with Crippen LogP contribution in [0.3, 0.4) is 0 Å². The molecule has 1 aromatic heterocycles. The summed E-state index contributed by atoms with van der Waals surface area (Å²) in [5.74, 6) is -0.304. The highest BCUT2D eigenvalue weighted by Gasteiger charge is 2.23. The van der Waals surface area contributed by atoms with Crippen molar-refractivity contribution in [1.82, 2.24) is 10.3 Å². The van der Waals surface area contributed by atoms with Crippen molar-refractivity contribution in [1.29, 1.82) is 0 Å². The molecule has 2 aromatic carbocycles. The Kier molecular flexibility index (Phi) is 5.87. The Hall–Kier alpha value is -2.77. The van der Waals surface area contributed by atoms with Crippen molar-refractivity contribution < 1.29 is 9.59 Å². The van der Waals surface area contributed by atoms with E-state index < -0.39 is 0 Å². The molecule has 7 heteroatoms. The van der Waals surface area contributed by atoms with Crippen LogP contribution in [-0.2, 0) is 4.79 Å². The molecule has 2 N–H and O–H groups in total. The number of amides is 2. The molecule has 0 spiro atoms. The summed E-state index contributed by atoms with van der Waals surface area (Å²) >= 11 is 4.83. The first kappa shape index (κ1) is 19.5. The van der Waals surface area contributed by atoms with Crippen LogP contribution >= 0.6 is 27.3 Å². The van der Waals surface area contributed by atoms with E-state index in [9.17, 15) is 9.59 Å². The maximum atomic E-state index is 12.2. The summed E-state index contributed by atoms with van der Waals surface area (Å²) in [5, 5.41) is 8.19. The van der Waals surface area contributed by atoms with Crippen LogP contribution in [0.25, 0.3) is 17.3 Å². The van der Waals surface area contributed by atoms with Crippen LogP contribution in [0.4, 0.5) is 5.13 Å². The monoisotopic (exact) mass is 467 g/mol. The lowest BCUT2D eigenvalue weighted by Crippen LogP contribution is -2.25. The Labute approximate surface area is 181 Å². The first-order chi connectivity index (χ1) is 14.1. The topological polar surface area (TPSA) is 71.1 Å². The lowest BCUT2D eigenvalue weighted by atomic mass is 10.1. The molecular weight excluding hydrogens is 450 g/mol. The molecule has 4 rings (SSSR count). The molecule has 0 saturated heterocycles. The highest BCUT2D eigenvalue weighted by atomic mass is 79.9. The molecule has 0 bridgehead atoms. The number of halogens is 1. The van der Waals surface area contributed by atoms with E-state index in [1.54, 1.807) is 18.2 Å². The average molecular weight is 468 g/mol. The fourth-order valence-corrected chi connectivity index (χ4v) is 3.79. The van der Waals surface area contributed by atoms with Crippen LogP contribution < -0.4 is 10.6 Å². The van der Waals surface area contributed by atoms with Crippen molar-refractivity contribution in [3.8, 4) is 11.3 Å². The molecule has 1 aliphatic rings. The zero-order valence-electron chi connectivity index (χ0n) is 15.4. The van der Waals surface area contributed by atoms with E-state index in [2.05, 4.69) is 31.5 Å². The molecule has 5 nitrogen and oxygen atoms in total. The second kappa shape index (κ2) is 8.71. The van der Waals surface area contributed by atoms with E-state index in [0.717, 1.165) is 34.1 Å². The first-order valence-corrected chi connectivity index (χ1v) is 10.9. The van der Waals surface area contributed by atoms with Gasteiger partial charge in [0.1, 0.15) is 0 Å². The number of carbonyl (C=O) groups excluding carboxylic acids is 2. The molecule has 1 fully saturated rings. The Morgan fingerprint density at radius 1 is 1.14 bits per heavy atom. The quantitative estimate of drug-likeness (QED) is 0.494. The van der Waals surface area contributed by atoms with Gasteiger partial charge in [-0.05, 0) is 48.7 Å². The van der Waals surface area contributed by atoms with Crippen molar-refractivity contribution in [3.63, 3.8) is 0 Å². The second-order valence-electron chi connectivity index (χ2n) is 6.74. The van der Waals surface area contributed by atoms with Gasteiger partial charge in [0.25, 0.3) is 5.91 Å². The van der Waals surface area contributed by atoms with E-state index in [4.69, 9.17) is 0 Å². The standard InChI is InChI=1S/C22H18BrN3O2S/c23-17-3-1-2-16(12-17)19-13-29-22(25-19)26-20(27)11-6-14-4-7-15(8-5-14)21(28)24-18-9-10-18/h1-8,11-13,18H,9-10H2,(H,24,28)(H,25,26,27)/b11-6+. The fraction of sp³-hybridized carbons (Fsp3) is 0.136. The first-order valence-electron chi connectivity index (χ1n) is 9.18. The lowest BCUT2D eigenvalue weighted by Gasteiger charge is -2.03. The Morgan fingerprint density at radius 2 is 1.93 bits per heavy atom. The zero-order chi connectivity index (χ0) is 20.2. The third-order valence-electron chi connectivity index (χ3n) is 4.37. The van der Waals surface area contributed by atoms with Gasteiger partial charge in [-0.2, -0.15) is 0 Å². The number of aromatic nitrogens is 1. The number of thiazole rings is 1. The van der Waals surface area contributed by atoms with Crippen LogP contribution in [-0.4, -0.2) is 22.8 Å². The molecule has 146 valence electrons. The third-order valence-corrected chi connectivity index (χ3v) is 5.62. The van der Waals surface area contributed by atoms with Crippen molar-refractivity contribution in [2.24, 2.45) is 0 Å². The smallest absolute Gasteiger partial charge is 0.251 e. The SMILES string of the molecule is O=C(/C=C/c1ccc(C(=O)NC2CC2)cc1)Nc1nc(-c2cccc(Br)c2)cs1. The minimum Gasteiger partial charge on any atom is -0.349 e. The molecule has 3 aromatic rings. The predicted molar refractivity (Wildman–Crippen MR) is 120 cm³/mol. The van der Waals surface area contributed by atoms with E-state index in [1.165, 1.54) is 17.4 Å². The number of hydrogen-bond acceptors (Lipinski definition) is 4. The summed E-state index contributed by atoms with van der Waals surface area (Å²) in [6.45, 7) is 0. The molecule has 2 amide bonds. The van der Waals surface area contributed by atoms with Gasteiger partial charge in [0.15, 0.2) is 5.13 Å². The number of benzene rings is 2. The summed E-state index contributed by atoms with van der Waals surface area (Å²) in [5.41, 5.74) is 3.27. The van der Waals surface area contributed by atoms with Gasteiger partial charge in [-0.3, -0.25) is 14.9 Å². The van der Waals surface area contributed by atoms with Crippen LogP contribution in [0.2, 0.25) is 0 Å². The van der Waals surface area contributed by atoms with E-state index >= 15 is 0 Å². The summed E-state index contributed by atoms with van der Waals surface area (Å²) in [6.07, 6.45) is 5.29. The number of nitrogens with one attached hydrogen (secondary N) is 2. The number of nitrogens with zero attached hydrogens (tertiary/aromatic N) is 1. The van der Waals surface area contributed by atoms with Gasteiger partial charge in [-0.1, -0.05) is 40.2 Å². The van der Waals surface area contributed by atoms with Gasteiger partial charge in [0, 0.05) is 33.1 Å². The number of rotatable bonds is 6. The molecule has 0 atom stereocenters. The number of anilines is 1.